The van der Waals surface area contributed by atoms with Gasteiger partial charge in [-0.2, -0.15) is 18.4 Å². The monoisotopic (exact) mass is 550 g/mol. The smallest absolute Gasteiger partial charge is 0.378 e. The normalized spacial score (nSPS) is 19.7. The van der Waals surface area contributed by atoms with Crippen LogP contribution in [0.3, 0.4) is 0 Å². The van der Waals surface area contributed by atoms with Gasteiger partial charge in [0.2, 0.25) is 5.91 Å². The summed E-state index contributed by atoms with van der Waals surface area (Å²) in [6.07, 6.45) is -1.89. The molecule has 2 aliphatic rings. The predicted octanol–water partition coefficient (Wildman–Crippen LogP) is 4.49. The second-order valence-corrected chi connectivity index (χ2v) is 11.6. The molecule has 1 amide bonds. The van der Waals surface area contributed by atoms with Crippen molar-refractivity contribution in [2.45, 2.75) is 71.1 Å². The van der Waals surface area contributed by atoms with Crippen LogP contribution in [0.15, 0.2) is 29.3 Å². The van der Waals surface area contributed by atoms with E-state index in [1.54, 1.807) is 0 Å². The van der Waals surface area contributed by atoms with Crippen LogP contribution in [0.4, 0.5) is 18.9 Å². The van der Waals surface area contributed by atoms with E-state index >= 15 is 0 Å². The molecule has 1 unspecified atom stereocenters. The Kier molecular flexibility index (Phi) is 10.2. The van der Waals surface area contributed by atoms with Crippen LogP contribution in [0.1, 0.15) is 58.9 Å². The molecule has 1 aromatic carbocycles. The summed E-state index contributed by atoms with van der Waals surface area (Å²) in [7, 11) is 0. The summed E-state index contributed by atoms with van der Waals surface area (Å²) in [5.74, 6) is 0.0710. The zero-order valence-corrected chi connectivity index (χ0v) is 23.4. The van der Waals surface area contributed by atoms with Crippen LogP contribution in [0.2, 0.25) is 0 Å². The molecule has 2 aliphatic heterocycles. The summed E-state index contributed by atoms with van der Waals surface area (Å²) in [6, 6.07) is 6.29. The maximum absolute atomic E-state index is 13.7. The number of anilines is 1. The van der Waals surface area contributed by atoms with Crippen LogP contribution in [-0.4, -0.2) is 79.2 Å². The van der Waals surface area contributed by atoms with Crippen LogP contribution in [0, 0.1) is 16.7 Å². The van der Waals surface area contributed by atoms with Gasteiger partial charge < -0.3 is 25.2 Å². The molecule has 0 saturated carbocycles. The highest BCUT2D eigenvalue weighted by Crippen LogP contribution is 2.30. The Morgan fingerprint density at radius 3 is 2.26 bits per heavy atom. The Balaban J connectivity index is 1.88. The lowest BCUT2D eigenvalue weighted by Gasteiger charge is -2.38. The Morgan fingerprint density at radius 2 is 1.74 bits per heavy atom. The van der Waals surface area contributed by atoms with Gasteiger partial charge in [0.05, 0.1) is 24.8 Å². The third kappa shape index (κ3) is 9.11. The van der Waals surface area contributed by atoms with Crippen molar-refractivity contribution in [1.29, 1.82) is 5.26 Å². The van der Waals surface area contributed by atoms with E-state index in [0.717, 1.165) is 38.2 Å². The Hall–Kier alpha value is -2.84. The molecular formula is C28H41F3N6O2. The molecule has 2 fully saturated rings. The summed E-state index contributed by atoms with van der Waals surface area (Å²) < 4.78 is 44.7. The number of nitrogens with one attached hydrogen (secondary N) is 2. The molecular weight excluding hydrogens is 509 g/mol. The molecule has 2 saturated heterocycles. The molecule has 39 heavy (non-hydrogen) atoms. The van der Waals surface area contributed by atoms with Crippen molar-refractivity contribution in [1.82, 2.24) is 15.1 Å². The van der Waals surface area contributed by atoms with Crippen LogP contribution < -0.4 is 10.6 Å². The summed E-state index contributed by atoms with van der Waals surface area (Å²) in [4.78, 5) is 22.8. The molecule has 1 atom stereocenters. The van der Waals surface area contributed by atoms with E-state index in [1.165, 1.54) is 12.1 Å². The van der Waals surface area contributed by atoms with E-state index in [2.05, 4.69) is 28.5 Å². The SMILES string of the molecule is CCCN1CCC(C#N)(NC(=O)C(CC(C)(C)C)N=C(Nc2ccc(C(F)(F)F)cc2)N2CCOCC2)CC1. The average Bonchev–Trinajstić information content (AvgIpc) is 2.89. The van der Waals surface area contributed by atoms with E-state index in [-0.39, 0.29) is 11.3 Å². The standard InChI is InChI=1S/C28H41F3N6O2/c1-5-12-36-13-10-27(20-32,11-14-36)35-24(38)23(19-26(2,3)4)34-25(37-15-17-39-18-16-37)33-22-8-6-21(7-9-22)28(29,30)31/h6-9,23H,5,10-19H2,1-4H3,(H,33,34)(H,35,38). The number of aliphatic imine (C=N–C) groups is 1. The lowest BCUT2D eigenvalue weighted by molar-refractivity contribution is -0.137. The molecule has 3 rings (SSSR count). The maximum Gasteiger partial charge on any atom is 0.416 e. The number of piperidine rings is 1. The van der Waals surface area contributed by atoms with Crippen LogP contribution >= 0.6 is 0 Å². The molecule has 11 heteroatoms. The van der Waals surface area contributed by atoms with Crippen LogP contribution in [0.25, 0.3) is 0 Å². The maximum atomic E-state index is 13.7. The number of amides is 1. The fraction of sp³-hybridized carbons (Fsp3) is 0.679. The number of hydrogen-bond donors (Lipinski definition) is 2. The number of alkyl halides is 3. The molecule has 0 aromatic heterocycles. The van der Waals surface area contributed by atoms with Gasteiger partial charge in [-0.3, -0.25) is 4.79 Å². The number of guanidine groups is 1. The molecule has 0 aliphatic carbocycles. The zero-order chi connectivity index (χ0) is 28.7. The van der Waals surface area contributed by atoms with E-state index < -0.39 is 23.3 Å². The first-order chi connectivity index (χ1) is 18.3. The molecule has 1 aromatic rings. The number of carbonyl (C=O) groups excluding carboxylic acids is 1. The molecule has 0 bridgehead atoms. The number of rotatable bonds is 7. The third-order valence-corrected chi connectivity index (χ3v) is 6.99. The highest BCUT2D eigenvalue weighted by Gasteiger charge is 2.38. The van der Waals surface area contributed by atoms with Crippen LogP contribution in [0.5, 0.6) is 0 Å². The number of benzene rings is 1. The Morgan fingerprint density at radius 1 is 1.13 bits per heavy atom. The molecule has 2 heterocycles. The number of halogens is 3. The quantitative estimate of drug-likeness (QED) is 0.384. The Bertz CT molecular complexity index is 1020. The van der Waals surface area contributed by atoms with Crippen molar-refractivity contribution in [2.75, 3.05) is 51.3 Å². The molecule has 0 radical (unpaired) electrons. The largest absolute Gasteiger partial charge is 0.416 e. The van der Waals surface area contributed by atoms with E-state index in [1.807, 2.05) is 25.7 Å². The number of morpholine rings is 1. The second-order valence-electron chi connectivity index (χ2n) is 11.6. The van der Waals surface area contributed by atoms with Crippen molar-refractivity contribution < 1.29 is 22.7 Å². The first-order valence-corrected chi connectivity index (χ1v) is 13.6. The number of hydrogen-bond acceptors (Lipinski definition) is 5. The second kappa shape index (κ2) is 13.0. The van der Waals surface area contributed by atoms with Gasteiger partial charge in [0.1, 0.15) is 11.6 Å². The molecule has 216 valence electrons. The first-order valence-electron chi connectivity index (χ1n) is 13.6. The predicted molar refractivity (Wildman–Crippen MR) is 145 cm³/mol. The van der Waals surface area contributed by atoms with Gasteiger partial charge >= 0.3 is 6.18 Å². The average molecular weight is 551 g/mol. The minimum absolute atomic E-state index is 0.250. The van der Waals surface area contributed by atoms with Crippen molar-refractivity contribution >= 4 is 17.6 Å². The number of carbonyl (C=O) groups is 1. The first kappa shape index (κ1) is 30.7. The number of ether oxygens (including phenoxy) is 1. The van der Waals surface area contributed by atoms with Crippen LogP contribution in [-0.2, 0) is 15.7 Å². The van der Waals surface area contributed by atoms with Gasteiger partial charge in [-0.25, -0.2) is 4.99 Å². The van der Waals surface area contributed by atoms with Gasteiger partial charge in [-0.1, -0.05) is 27.7 Å². The van der Waals surface area contributed by atoms with Crippen molar-refractivity contribution in [3.05, 3.63) is 29.8 Å². The fourth-order valence-corrected chi connectivity index (χ4v) is 4.82. The number of likely N-dealkylation sites (tertiary alicyclic amines) is 1. The van der Waals surface area contributed by atoms with Gasteiger partial charge in [0, 0.05) is 31.9 Å². The lowest BCUT2D eigenvalue weighted by atomic mass is 9.85. The fourth-order valence-electron chi connectivity index (χ4n) is 4.82. The number of nitrogens with zero attached hydrogens (tertiary/aromatic N) is 4. The lowest BCUT2D eigenvalue weighted by Crippen LogP contribution is -2.57. The molecule has 8 nitrogen and oxygen atoms in total. The molecule has 2 N–H and O–H groups in total. The van der Waals surface area contributed by atoms with Gasteiger partial charge in [-0.15, -0.1) is 0 Å². The minimum atomic E-state index is -4.43. The summed E-state index contributed by atoms with van der Waals surface area (Å²) in [6.45, 7) is 12.6. The van der Waals surface area contributed by atoms with E-state index in [0.29, 0.717) is 57.2 Å². The van der Waals surface area contributed by atoms with Gasteiger partial charge in [-0.05, 0) is 61.9 Å². The van der Waals surface area contributed by atoms with E-state index in [4.69, 9.17) is 9.73 Å². The van der Waals surface area contributed by atoms with E-state index in [9.17, 15) is 23.2 Å². The van der Waals surface area contributed by atoms with Gasteiger partial charge in [0.15, 0.2) is 5.96 Å². The van der Waals surface area contributed by atoms with Crippen molar-refractivity contribution in [3.63, 3.8) is 0 Å². The zero-order valence-electron chi connectivity index (χ0n) is 23.4. The number of nitriles is 1. The summed E-state index contributed by atoms with van der Waals surface area (Å²) >= 11 is 0. The Labute approximate surface area is 229 Å². The van der Waals surface area contributed by atoms with Crippen molar-refractivity contribution in [3.8, 4) is 6.07 Å². The third-order valence-electron chi connectivity index (χ3n) is 6.99. The molecule has 0 spiro atoms. The summed E-state index contributed by atoms with van der Waals surface area (Å²) in [5, 5.41) is 16.2. The minimum Gasteiger partial charge on any atom is -0.378 e. The van der Waals surface area contributed by atoms with Gasteiger partial charge in [0.25, 0.3) is 0 Å². The highest BCUT2D eigenvalue weighted by molar-refractivity contribution is 5.96. The summed E-state index contributed by atoms with van der Waals surface area (Å²) in [5.41, 5.74) is -1.51. The topological polar surface area (TPSA) is 93.0 Å². The highest BCUT2D eigenvalue weighted by atomic mass is 19.4. The van der Waals surface area contributed by atoms with Crippen molar-refractivity contribution in [2.24, 2.45) is 10.4 Å².